The van der Waals surface area contributed by atoms with Gasteiger partial charge >= 0.3 is 0 Å². The quantitative estimate of drug-likeness (QED) is 0.779. The molecule has 2 aromatic carbocycles. The number of carbonyl (C=O) groups excluding carboxylic acids is 1. The summed E-state index contributed by atoms with van der Waals surface area (Å²) < 4.78 is 12.6. The highest BCUT2D eigenvalue weighted by atomic mass is 35.5. The van der Waals surface area contributed by atoms with Crippen molar-refractivity contribution in [2.75, 3.05) is 13.3 Å². The fourth-order valence-corrected chi connectivity index (χ4v) is 3.23. The third kappa shape index (κ3) is 2.89. The molecule has 1 aliphatic heterocycles. The lowest BCUT2D eigenvalue weighted by Gasteiger charge is -2.09. The van der Waals surface area contributed by atoms with Crippen molar-refractivity contribution in [1.29, 1.82) is 0 Å². The number of rotatable bonds is 4. The molecule has 128 valence electrons. The van der Waals surface area contributed by atoms with Gasteiger partial charge in [-0.2, -0.15) is 0 Å². The van der Waals surface area contributed by atoms with Crippen LogP contribution in [0.2, 0.25) is 5.02 Å². The van der Waals surface area contributed by atoms with Crippen LogP contribution in [0.15, 0.2) is 36.4 Å². The molecule has 0 saturated heterocycles. The van der Waals surface area contributed by atoms with E-state index in [2.05, 4.69) is 14.9 Å². The van der Waals surface area contributed by atoms with Gasteiger partial charge in [0.15, 0.2) is 11.5 Å². The Hall–Kier alpha value is -2.73. The summed E-state index contributed by atoms with van der Waals surface area (Å²) in [6, 6.07) is 11.2. The molecule has 0 bridgehead atoms. The number of nitrogens with one attached hydrogen (secondary N) is 1. The van der Waals surface area contributed by atoms with Crippen molar-refractivity contribution < 1.29 is 14.3 Å². The zero-order valence-corrected chi connectivity index (χ0v) is 14.3. The van der Waals surface area contributed by atoms with Gasteiger partial charge in [-0.1, -0.05) is 23.7 Å². The Balaban J connectivity index is 1.46. The SMILES string of the molecule is Cc1nc2ccccc2n1CCNC(=O)c1cc(Cl)c2c(c1)OCO2. The minimum Gasteiger partial charge on any atom is -0.454 e. The van der Waals surface area contributed by atoms with Crippen LogP contribution in [0.25, 0.3) is 11.0 Å². The van der Waals surface area contributed by atoms with E-state index in [-0.39, 0.29) is 12.7 Å². The van der Waals surface area contributed by atoms with Crippen molar-refractivity contribution in [3.05, 3.63) is 52.8 Å². The number of hydrogen-bond donors (Lipinski definition) is 1. The van der Waals surface area contributed by atoms with E-state index in [0.717, 1.165) is 16.9 Å². The summed E-state index contributed by atoms with van der Waals surface area (Å²) in [4.78, 5) is 16.9. The zero-order valence-electron chi connectivity index (χ0n) is 13.6. The number of para-hydroxylation sites is 2. The molecule has 0 spiro atoms. The Bertz CT molecular complexity index is 968. The van der Waals surface area contributed by atoms with Crippen LogP contribution in [0.5, 0.6) is 11.5 Å². The van der Waals surface area contributed by atoms with Gasteiger partial charge in [0.2, 0.25) is 6.79 Å². The highest BCUT2D eigenvalue weighted by molar-refractivity contribution is 6.32. The van der Waals surface area contributed by atoms with E-state index < -0.39 is 0 Å². The fourth-order valence-electron chi connectivity index (χ4n) is 2.96. The standard InChI is InChI=1S/C18H16ClN3O3/c1-11-21-14-4-2-3-5-15(14)22(11)7-6-20-18(23)12-8-13(19)17-16(9-12)24-10-25-17/h2-5,8-9H,6-7,10H2,1H3,(H,20,23). The van der Waals surface area contributed by atoms with Crippen LogP contribution in [0.3, 0.4) is 0 Å². The first-order valence-corrected chi connectivity index (χ1v) is 8.30. The van der Waals surface area contributed by atoms with Gasteiger partial charge in [-0.15, -0.1) is 0 Å². The Morgan fingerprint density at radius 3 is 3.04 bits per heavy atom. The minimum absolute atomic E-state index is 0.118. The number of carbonyl (C=O) groups is 1. The normalized spacial score (nSPS) is 12.6. The van der Waals surface area contributed by atoms with Gasteiger partial charge in [0.25, 0.3) is 5.91 Å². The molecule has 1 amide bonds. The number of benzene rings is 2. The van der Waals surface area contributed by atoms with Crippen molar-refractivity contribution in [1.82, 2.24) is 14.9 Å². The second-order valence-corrected chi connectivity index (χ2v) is 6.15. The molecule has 2 heterocycles. The van der Waals surface area contributed by atoms with E-state index in [9.17, 15) is 4.79 Å². The predicted octanol–water partition coefficient (Wildman–Crippen LogP) is 3.16. The minimum atomic E-state index is -0.206. The van der Waals surface area contributed by atoms with Crippen LogP contribution in [-0.2, 0) is 6.54 Å². The molecule has 1 N–H and O–H groups in total. The lowest BCUT2D eigenvalue weighted by Crippen LogP contribution is -2.27. The molecule has 0 aliphatic carbocycles. The maximum absolute atomic E-state index is 12.4. The molecule has 6 nitrogen and oxygen atoms in total. The number of aromatic nitrogens is 2. The van der Waals surface area contributed by atoms with Crippen LogP contribution < -0.4 is 14.8 Å². The Morgan fingerprint density at radius 1 is 1.32 bits per heavy atom. The maximum atomic E-state index is 12.4. The van der Waals surface area contributed by atoms with Gasteiger partial charge in [0.1, 0.15) is 5.82 Å². The number of hydrogen-bond acceptors (Lipinski definition) is 4. The first-order chi connectivity index (χ1) is 12.1. The Labute approximate surface area is 149 Å². The summed E-state index contributed by atoms with van der Waals surface area (Å²) in [6.45, 7) is 3.19. The first kappa shape index (κ1) is 15.8. The summed E-state index contributed by atoms with van der Waals surface area (Å²) >= 11 is 6.12. The molecule has 1 aliphatic rings. The Morgan fingerprint density at radius 2 is 2.16 bits per heavy atom. The van der Waals surface area contributed by atoms with E-state index in [1.807, 2.05) is 31.2 Å². The second-order valence-electron chi connectivity index (χ2n) is 5.75. The predicted molar refractivity (Wildman–Crippen MR) is 94.4 cm³/mol. The molecule has 25 heavy (non-hydrogen) atoms. The molecule has 1 aromatic heterocycles. The molecule has 4 rings (SSSR count). The largest absolute Gasteiger partial charge is 0.454 e. The van der Waals surface area contributed by atoms with Crippen molar-refractivity contribution >= 4 is 28.5 Å². The van der Waals surface area contributed by atoms with Crippen molar-refractivity contribution in [3.8, 4) is 11.5 Å². The molecule has 0 radical (unpaired) electrons. The van der Waals surface area contributed by atoms with Crippen molar-refractivity contribution in [2.24, 2.45) is 0 Å². The number of aryl methyl sites for hydroxylation is 1. The number of fused-ring (bicyclic) bond motifs is 2. The molecule has 0 unspecified atom stereocenters. The van der Waals surface area contributed by atoms with Crippen LogP contribution in [-0.4, -0.2) is 28.8 Å². The Kier molecular flexibility index (Phi) is 3.97. The summed E-state index contributed by atoms with van der Waals surface area (Å²) in [7, 11) is 0. The van der Waals surface area contributed by atoms with Gasteiger partial charge in [-0.05, 0) is 31.2 Å². The average Bonchev–Trinajstić information content (AvgIpc) is 3.19. The lowest BCUT2D eigenvalue weighted by molar-refractivity contribution is 0.0952. The monoisotopic (exact) mass is 357 g/mol. The first-order valence-electron chi connectivity index (χ1n) is 7.92. The number of halogens is 1. The average molecular weight is 358 g/mol. The molecule has 0 fully saturated rings. The van der Waals surface area contributed by atoms with Gasteiger partial charge in [-0.3, -0.25) is 4.79 Å². The highest BCUT2D eigenvalue weighted by Crippen LogP contribution is 2.39. The fraction of sp³-hybridized carbons (Fsp3) is 0.222. The number of imidazole rings is 1. The number of nitrogens with zero attached hydrogens (tertiary/aromatic N) is 2. The summed E-state index contributed by atoms with van der Waals surface area (Å²) in [5, 5.41) is 3.28. The van der Waals surface area contributed by atoms with Crippen molar-refractivity contribution in [2.45, 2.75) is 13.5 Å². The topological polar surface area (TPSA) is 65.4 Å². The van der Waals surface area contributed by atoms with Gasteiger partial charge in [-0.25, -0.2) is 4.98 Å². The van der Waals surface area contributed by atoms with Gasteiger partial charge < -0.3 is 19.4 Å². The number of amides is 1. The summed E-state index contributed by atoms with van der Waals surface area (Å²) in [5.74, 6) is 1.69. The van der Waals surface area contributed by atoms with Crippen LogP contribution in [0.1, 0.15) is 16.2 Å². The van der Waals surface area contributed by atoms with E-state index >= 15 is 0 Å². The van der Waals surface area contributed by atoms with Gasteiger partial charge in [0.05, 0.1) is 16.1 Å². The van der Waals surface area contributed by atoms with E-state index in [4.69, 9.17) is 21.1 Å². The van der Waals surface area contributed by atoms with Crippen molar-refractivity contribution in [3.63, 3.8) is 0 Å². The zero-order chi connectivity index (χ0) is 17.4. The summed E-state index contributed by atoms with van der Waals surface area (Å²) in [6.07, 6.45) is 0. The van der Waals surface area contributed by atoms with E-state index in [1.165, 1.54) is 0 Å². The third-order valence-electron chi connectivity index (χ3n) is 4.16. The lowest BCUT2D eigenvalue weighted by atomic mass is 10.2. The van der Waals surface area contributed by atoms with Crippen LogP contribution >= 0.6 is 11.6 Å². The molecule has 7 heteroatoms. The smallest absolute Gasteiger partial charge is 0.251 e. The number of ether oxygens (including phenoxy) is 2. The molecule has 3 aromatic rings. The molecular formula is C18H16ClN3O3. The van der Waals surface area contributed by atoms with E-state index in [0.29, 0.717) is 35.2 Å². The summed E-state index contributed by atoms with van der Waals surface area (Å²) in [5.41, 5.74) is 2.45. The molecular weight excluding hydrogens is 342 g/mol. The van der Waals surface area contributed by atoms with E-state index in [1.54, 1.807) is 12.1 Å². The third-order valence-corrected chi connectivity index (χ3v) is 4.44. The van der Waals surface area contributed by atoms with Gasteiger partial charge in [0, 0.05) is 18.7 Å². The second kappa shape index (κ2) is 6.29. The van der Waals surface area contributed by atoms with Crippen LogP contribution in [0, 0.1) is 6.92 Å². The van der Waals surface area contributed by atoms with Crippen LogP contribution in [0.4, 0.5) is 0 Å². The highest BCUT2D eigenvalue weighted by Gasteiger charge is 2.20. The maximum Gasteiger partial charge on any atom is 0.251 e. The molecule has 0 atom stereocenters. The molecule has 0 saturated carbocycles.